The SMILES string of the molecule is CN(C)S(=O)(=O)c1ccc(-c2noc(C(=O)NC3CC3)n2)cc1. The molecule has 3 rings (SSSR count). The van der Waals surface area contributed by atoms with Gasteiger partial charge in [0.15, 0.2) is 0 Å². The van der Waals surface area contributed by atoms with Gasteiger partial charge in [0.2, 0.25) is 15.8 Å². The highest BCUT2D eigenvalue weighted by molar-refractivity contribution is 7.89. The zero-order chi connectivity index (χ0) is 16.6. The van der Waals surface area contributed by atoms with E-state index < -0.39 is 15.9 Å². The van der Waals surface area contributed by atoms with Crippen LogP contribution in [-0.4, -0.2) is 48.9 Å². The molecule has 1 aromatic carbocycles. The summed E-state index contributed by atoms with van der Waals surface area (Å²) in [5.74, 6) is -0.255. The predicted octanol–water partition coefficient (Wildman–Crippen LogP) is 0.879. The number of nitrogens with one attached hydrogen (secondary N) is 1. The second-order valence-electron chi connectivity index (χ2n) is 5.48. The summed E-state index contributed by atoms with van der Waals surface area (Å²) in [5.41, 5.74) is 0.567. The monoisotopic (exact) mass is 336 g/mol. The molecule has 1 heterocycles. The maximum absolute atomic E-state index is 12.0. The molecule has 0 bridgehead atoms. The van der Waals surface area contributed by atoms with Gasteiger partial charge in [0.25, 0.3) is 0 Å². The van der Waals surface area contributed by atoms with Crippen molar-refractivity contribution in [3.8, 4) is 11.4 Å². The van der Waals surface area contributed by atoms with Crippen LogP contribution in [0.15, 0.2) is 33.7 Å². The molecule has 0 spiro atoms. The van der Waals surface area contributed by atoms with Gasteiger partial charge in [0.1, 0.15) is 0 Å². The van der Waals surface area contributed by atoms with Crippen molar-refractivity contribution in [2.24, 2.45) is 0 Å². The maximum Gasteiger partial charge on any atom is 0.316 e. The minimum Gasteiger partial charge on any atom is -0.345 e. The minimum absolute atomic E-state index is 0.100. The van der Waals surface area contributed by atoms with Gasteiger partial charge in [-0.25, -0.2) is 12.7 Å². The molecule has 1 aliphatic rings. The molecule has 1 fully saturated rings. The van der Waals surface area contributed by atoms with Crippen LogP contribution in [0.4, 0.5) is 0 Å². The predicted molar refractivity (Wildman–Crippen MR) is 81.1 cm³/mol. The minimum atomic E-state index is -3.49. The lowest BCUT2D eigenvalue weighted by atomic mass is 10.2. The van der Waals surface area contributed by atoms with Crippen LogP contribution in [0.5, 0.6) is 0 Å². The number of aromatic nitrogens is 2. The van der Waals surface area contributed by atoms with Crippen molar-refractivity contribution in [3.05, 3.63) is 30.2 Å². The van der Waals surface area contributed by atoms with E-state index in [1.165, 1.54) is 26.2 Å². The van der Waals surface area contributed by atoms with Gasteiger partial charge in [0.05, 0.1) is 4.90 Å². The summed E-state index contributed by atoms with van der Waals surface area (Å²) in [6, 6.07) is 6.28. The third kappa shape index (κ3) is 3.25. The molecule has 0 unspecified atom stereocenters. The summed E-state index contributed by atoms with van der Waals surface area (Å²) < 4.78 is 30.1. The molecule has 1 amide bonds. The van der Waals surface area contributed by atoms with Crippen LogP contribution in [0.3, 0.4) is 0 Å². The zero-order valence-electron chi connectivity index (χ0n) is 12.7. The Morgan fingerprint density at radius 3 is 2.48 bits per heavy atom. The van der Waals surface area contributed by atoms with E-state index in [4.69, 9.17) is 4.52 Å². The van der Waals surface area contributed by atoms with E-state index >= 15 is 0 Å². The summed E-state index contributed by atoms with van der Waals surface area (Å²) >= 11 is 0. The van der Waals surface area contributed by atoms with E-state index in [2.05, 4.69) is 15.5 Å². The molecule has 1 N–H and O–H groups in total. The topological polar surface area (TPSA) is 105 Å². The summed E-state index contributed by atoms with van der Waals surface area (Å²) in [6.07, 6.45) is 1.93. The Kier molecular flexibility index (Phi) is 3.90. The molecule has 0 aliphatic heterocycles. The summed E-state index contributed by atoms with van der Waals surface area (Å²) in [7, 11) is -0.555. The van der Waals surface area contributed by atoms with Crippen molar-refractivity contribution in [1.82, 2.24) is 19.8 Å². The average molecular weight is 336 g/mol. The van der Waals surface area contributed by atoms with Crippen molar-refractivity contribution in [2.75, 3.05) is 14.1 Å². The van der Waals surface area contributed by atoms with E-state index in [-0.39, 0.29) is 22.7 Å². The Balaban J connectivity index is 1.80. The van der Waals surface area contributed by atoms with Gasteiger partial charge in [-0.3, -0.25) is 4.79 Å². The number of sulfonamides is 1. The molecule has 0 saturated heterocycles. The highest BCUT2D eigenvalue weighted by Gasteiger charge is 2.26. The number of nitrogens with zero attached hydrogens (tertiary/aromatic N) is 3. The van der Waals surface area contributed by atoms with Gasteiger partial charge in [-0.05, 0) is 37.1 Å². The molecular formula is C14H16N4O4S. The molecular weight excluding hydrogens is 320 g/mol. The molecule has 23 heavy (non-hydrogen) atoms. The molecule has 1 saturated carbocycles. The normalized spacial score (nSPS) is 14.9. The van der Waals surface area contributed by atoms with E-state index in [1.807, 2.05) is 0 Å². The largest absolute Gasteiger partial charge is 0.345 e. The Labute approximate surface area is 133 Å². The Hall–Kier alpha value is -2.26. The number of hydrogen-bond donors (Lipinski definition) is 1. The fraction of sp³-hybridized carbons (Fsp3) is 0.357. The molecule has 8 nitrogen and oxygen atoms in total. The van der Waals surface area contributed by atoms with Gasteiger partial charge >= 0.3 is 11.8 Å². The number of carbonyl (C=O) groups is 1. The van der Waals surface area contributed by atoms with Crippen molar-refractivity contribution < 1.29 is 17.7 Å². The Morgan fingerprint density at radius 1 is 1.26 bits per heavy atom. The summed E-state index contributed by atoms with van der Waals surface area (Å²) in [4.78, 5) is 16.0. The smallest absolute Gasteiger partial charge is 0.316 e. The molecule has 1 aliphatic carbocycles. The number of benzene rings is 1. The van der Waals surface area contributed by atoms with Crippen molar-refractivity contribution in [1.29, 1.82) is 0 Å². The fourth-order valence-corrected chi connectivity index (χ4v) is 2.80. The lowest BCUT2D eigenvalue weighted by molar-refractivity contribution is 0.0907. The first kappa shape index (κ1) is 15.6. The van der Waals surface area contributed by atoms with Crippen LogP contribution in [-0.2, 0) is 10.0 Å². The second-order valence-corrected chi connectivity index (χ2v) is 7.63. The van der Waals surface area contributed by atoms with Crippen LogP contribution in [0.25, 0.3) is 11.4 Å². The summed E-state index contributed by atoms with van der Waals surface area (Å²) in [5, 5.41) is 6.51. The Bertz CT molecular complexity index is 823. The van der Waals surface area contributed by atoms with Crippen molar-refractivity contribution in [3.63, 3.8) is 0 Å². The third-order valence-electron chi connectivity index (χ3n) is 3.42. The maximum atomic E-state index is 12.0. The highest BCUT2D eigenvalue weighted by Crippen LogP contribution is 2.21. The average Bonchev–Trinajstić information content (AvgIpc) is 3.19. The van der Waals surface area contributed by atoms with E-state index in [1.54, 1.807) is 12.1 Å². The summed E-state index contributed by atoms with van der Waals surface area (Å²) in [6.45, 7) is 0. The highest BCUT2D eigenvalue weighted by atomic mass is 32.2. The third-order valence-corrected chi connectivity index (χ3v) is 5.25. The van der Waals surface area contributed by atoms with Gasteiger partial charge in [-0.1, -0.05) is 5.16 Å². The Morgan fingerprint density at radius 2 is 1.91 bits per heavy atom. The van der Waals surface area contributed by atoms with Crippen LogP contribution in [0, 0.1) is 0 Å². The quantitative estimate of drug-likeness (QED) is 0.869. The van der Waals surface area contributed by atoms with Crippen molar-refractivity contribution in [2.45, 2.75) is 23.8 Å². The van der Waals surface area contributed by atoms with Crippen molar-refractivity contribution >= 4 is 15.9 Å². The molecule has 1 aromatic heterocycles. The van der Waals surface area contributed by atoms with E-state index in [0.29, 0.717) is 5.56 Å². The molecule has 0 atom stereocenters. The first-order chi connectivity index (χ1) is 10.9. The van der Waals surface area contributed by atoms with Crippen LogP contribution in [0.1, 0.15) is 23.5 Å². The van der Waals surface area contributed by atoms with E-state index in [0.717, 1.165) is 17.1 Å². The number of hydrogen-bond acceptors (Lipinski definition) is 6. The lowest BCUT2D eigenvalue weighted by Crippen LogP contribution is -2.25. The van der Waals surface area contributed by atoms with Crippen LogP contribution < -0.4 is 5.32 Å². The van der Waals surface area contributed by atoms with Crippen LogP contribution >= 0.6 is 0 Å². The first-order valence-electron chi connectivity index (χ1n) is 7.05. The van der Waals surface area contributed by atoms with Gasteiger partial charge < -0.3 is 9.84 Å². The van der Waals surface area contributed by atoms with Crippen LogP contribution in [0.2, 0.25) is 0 Å². The molecule has 2 aromatic rings. The standard InChI is InChI=1S/C14H16N4O4S/c1-18(2)23(20,21)11-7-3-9(4-8-11)12-16-14(22-17-12)13(19)15-10-5-6-10/h3-4,7-8,10H,5-6H2,1-2H3,(H,15,19). The van der Waals surface area contributed by atoms with Gasteiger partial charge in [0, 0.05) is 25.7 Å². The lowest BCUT2D eigenvalue weighted by Gasteiger charge is -2.11. The van der Waals surface area contributed by atoms with E-state index in [9.17, 15) is 13.2 Å². The van der Waals surface area contributed by atoms with Gasteiger partial charge in [-0.15, -0.1) is 0 Å². The molecule has 9 heteroatoms. The number of amides is 1. The fourth-order valence-electron chi connectivity index (χ4n) is 1.89. The molecule has 122 valence electrons. The molecule has 0 radical (unpaired) electrons. The first-order valence-corrected chi connectivity index (χ1v) is 8.49. The number of rotatable bonds is 5. The second kappa shape index (κ2) is 5.74. The zero-order valence-corrected chi connectivity index (χ0v) is 13.5. The van der Waals surface area contributed by atoms with Gasteiger partial charge in [-0.2, -0.15) is 4.98 Å². The number of carbonyl (C=O) groups excluding carboxylic acids is 1.